The average Bonchev–Trinajstić information content (AvgIpc) is 3.86. The fraction of sp³-hybridized carbons (Fsp3) is 0. The predicted octanol–water partition coefficient (Wildman–Crippen LogP) is 15.6. The molecule has 0 N–H and O–H groups in total. The van der Waals surface area contributed by atoms with Crippen LogP contribution in [0.4, 0.5) is 17.1 Å². The van der Waals surface area contributed by atoms with Crippen molar-refractivity contribution >= 4 is 60.9 Å². The van der Waals surface area contributed by atoms with Crippen molar-refractivity contribution in [3.63, 3.8) is 0 Å². The molecule has 2 heterocycles. The number of benzene rings is 9. The van der Waals surface area contributed by atoms with Crippen LogP contribution in [0.25, 0.3) is 88.4 Å². The van der Waals surface area contributed by atoms with Crippen molar-refractivity contribution in [3.8, 4) is 44.5 Å². The van der Waals surface area contributed by atoms with Crippen molar-refractivity contribution in [1.29, 1.82) is 0 Å². The van der Waals surface area contributed by atoms with Gasteiger partial charge in [-0.05, 0) is 81.9 Å². The highest BCUT2D eigenvalue weighted by Gasteiger charge is 2.23. The van der Waals surface area contributed by atoms with Crippen LogP contribution in [0.5, 0.6) is 0 Å². The van der Waals surface area contributed by atoms with Crippen molar-refractivity contribution in [2.75, 3.05) is 4.90 Å². The molecule has 11 rings (SSSR count). The Hall–Kier alpha value is -7.62. The number of nitrogens with zero attached hydrogens (tertiary/aromatic N) is 1. The van der Waals surface area contributed by atoms with Crippen LogP contribution in [0.1, 0.15) is 0 Å². The Labute approximate surface area is 330 Å². The van der Waals surface area contributed by atoms with E-state index < -0.39 is 0 Å². The third kappa shape index (κ3) is 5.68. The summed E-state index contributed by atoms with van der Waals surface area (Å²) in [4.78, 5) is 2.38. The largest absolute Gasteiger partial charge is 0.456 e. The third-order valence-electron chi connectivity index (χ3n) is 11.1. The summed E-state index contributed by atoms with van der Waals surface area (Å²) in [5, 5.41) is 4.43. The van der Waals surface area contributed by atoms with Crippen molar-refractivity contribution in [3.05, 3.63) is 212 Å². The molecule has 0 fully saturated rings. The molecular formula is C54H35NO2. The van der Waals surface area contributed by atoms with Gasteiger partial charge in [-0.25, -0.2) is 0 Å². The lowest BCUT2D eigenvalue weighted by Crippen LogP contribution is -2.11. The first kappa shape index (κ1) is 32.8. The van der Waals surface area contributed by atoms with Crippen LogP contribution >= 0.6 is 0 Å². The summed E-state index contributed by atoms with van der Waals surface area (Å²) in [7, 11) is 0. The fourth-order valence-electron chi connectivity index (χ4n) is 8.37. The molecule has 11 aromatic rings. The van der Waals surface area contributed by atoms with E-state index in [4.69, 9.17) is 8.83 Å². The van der Waals surface area contributed by atoms with E-state index in [0.29, 0.717) is 0 Å². The van der Waals surface area contributed by atoms with Crippen molar-refractivity contribution in [1.82, 2.24) is 0 Å². The first-order chi connectivity index (χ1) is 28.3. The van der Waals surface area contributed by atoms with Crippen LogP contribution < -0.4 is 4.90 Å². The van der Waals surface area contributed by atoms with Gasteiger partial charge in [-0.1, -0.05) is 164 Å². The van der Waals surface area contributed by atoms with Crippen LogP contribution in [0.15, 0.2) is 221 Å². The average molecular weight is 730 g/mol. The Bertz CT molecular complexity index is 3200. The molecule has 0 atom stereocenters. The monoisotopic (exact) mass is 729 g/mol. The lowest BCUT2D eigenvalue weighted by Gasteiger charge is -2.28. The van der Waals surface area contributed by atoms with Gasteiger partial charge in [0.15, 0.2) is 0 Å². The molecule has 0 aliphatic heterocycles. The van der Waals surface area contributed by atoms with Gasteiger partial charge in [0.25, 0.3) is 0 Å². The number of hydrogen-bond donors (Lipinski definition) is 0. The molecule has 0 aliphatic rings. The van der Waals surface area contributed by atoms with E-state index in [0.717, 1.165) is 83.2 Å². The van der Waals surface area contributed by atoms with Gasteiger partial charge in [-0.15, -0.1) is 0 Å². The van der Waals surface area contributed by atoms with E-state index in [1.54, 1.807) is 0 Å². The topological polar surface area (TPSA) is 29.5 Å². The molecule has 57 heavy (non-hydrogen) atoms. The van der Waals surface area contributed by atoms with Crippen molar-refractivity contribution < 1.29 is 8.83 Å². The van der Waals surface area contributed by atoms with E-state index in [9.17, 15) is 0 Å². The highest BCUT2D eigenvalue weighted by molar-refractivity contribution is 6.16. The fourth-order valence-corrected chi connectivity index (χ4v) is 8.37. The summed E-state index contributed by atoms with van der Waals surface area (Å²) in [5.41, 5.74) is 15.8. The zero-order valence-electron chi connectivity index (χ0n) is 31.0. The highest BCUT2D eigenvalue weighted by Crippen LogP contribution is 2.48. The number of rotatable bonds is 7. The van der Waals surface area contributed by atoms with Crippen LogP contribution in [-0.4, -0.2) is 0 Å². The van der Waals surface area contributed by atoms with Crippen LogP contribution in [0, 0.1) is 0 Å². The van der Waals surface area contributed by atoms with Crippen LogP contribution in [-0.2, 0) is 0 Å². The number of hydrogen-bond acceptors (Lipinski definition) is 3. The second-order valence-electron chi connectivity index (χ2n) is 14.5. The summed E-state index contributed by atoms with van der Waals surface area (Å²) >= 11 is 0. The minimum atomic E-state index is 0.857. The molecule has 3 heteroatoms. The molecular weight excluding hydrogens is 695 g/mol. The van der Waals surface area contributed by atoms with E-state index >= 15 is 0 Å². The molecule has 9 aromatic carbocycles. The van der Waals surface area contributed by atoms with Gasteiger partial charge in [0, 0.05) is 44.0 Å². The van der Waals surface area contributed by atoms with Gasteiger partial charge < -0.3 is 13.7 Å². The maximum Gasteiger partial charge on any atom is 0.143 e. The maximum absolute atomic E-state index is 6.51. The molecule has 2 aromatic heterocycles. The first-order valence-corrected chi connectivity index (χ1v) is 19.3. The normalized spacial score (nSPS) is 11.5. The van der Waals surface area contributed by atoms with Crippen LogP contribution in [0.3, 0.4) is 0 Å². The van der Waals surface area contributed by atoms with E-state index in [-0.39, 0.29) is 0 Å². The lowest BCUT2D eigenvalue weighted by atomic mass is 9.94. The molecule has 0 radical (unpaired) electrons. The molecule has 0 aliphatic carbocycles. The standard InChI is InChI=1S/C54H35NO2/c1-3-12-36(13-4-1)38-22-24-41(25-23-38)52-48(34-35-51-53(52)47-17-8-10-21-50(47)56-51)55(42-30-26-39(27-31-42)37-14-5-2-6-15-37)43-32-28-40(29-33-43)44-18-11-19-46-45-16-7-9-20-49(45)57-54(44)46/h1-35H. The lowest BCUT2D eigenvalue weighted by molar-refractivity contribution is 0.669. The van der Waals surface area contributed by atoms with E-state index in [2.05, 4.69) is 199 Å². The van der Waals surface area contributed by atoms with Crippen molar-refractivity contribution in [2.45, 2.75) is 0 Å². The maximum atomic E-state index is 6.51. The quantitative estimate of drug-likeness (QED) is 0.164. The second-order valence-corrected chi connectivity index (χ2v) is 14.5. The Morgan fingerprint density at radius 3 is 1.44 bits per heavy atom. The summed E-state index contributed by atoms with van der Waals surface area (Å²) in [6.45, 7) is 0. The zero-order chi connectivity index (χ0) is 37.7. The molecule has 268 valence electrons. The number of anilines is 3. The molecule has 3 nitrogen and oxygen atoms in total. The predicted molar refractivity (Wildman–Crippen MR) is 237 cm³/mol. The second kappa shape index (κ2) is 13.6. The summed E-state index contributed by atoms with van der Waals surface area (Å²) < 4.78 is 13.0. The van der Waals surface area contributed by atoms with Gasteiger partial charge in [-0.2, -0.15) is 0 Å². The third-order valence-corrected chi connectivity index (χ3v) is 11.1. The Balaban J connectivity index is 1.11. The molecule has 0 unspecified atom stereocenters. The summed E-state index contributed by atoms with van der Waals surface area (Å²) in [6, 6.07) is 75.1. The SMILES string of the molecule is c1ccc(-c2ccc(-c3c(N(c4ccc(-c5ccccc5)cc4)c4ccc(-c5cccc6c5oc5ccccc56)cc4)ccc4oc5ccccc5c34)cc2)cc1. The minimum absolute atomic E-state index is 0.857. The molecule has 0 saturated heterocycles. The first-order valence-electron chi connectivity index (χ1n) is 19.3. The van der Waals surface area contributed by atoms with E-state index in [1.165, 1.54) is 22.3 Å². The van der Waals surface area contributed by atoms with Gasteiger partial charge in [-0.3, -0.25) is 0 Å². The minimum Gasteiger partial charge on any atom is -0.456 e. The molecule has 0 saturated carbocycles. The van der Waals surface area contributed by atoms with Crippen LogP contribution in [0.2, 0.25) is 0 Å². The Morgan fingerprint density at radius 2 is 0.789 bits per heavy atom. The van der Waals surface area contributed by atoms with Gasteiger partial charge in [0.05, 0.1) is 5.69 Å². The van der Waals surface area contributed by atoms with Crippen molar-refractivity contribution in [2.24, 2.45) is 0 Å². The highest BCUT2D eigenvalue weighted by atomic mass is 16.3. The summed E-state index contributed by atoms with van der Waals surface area (Å²) in [5.74, 6) is 0. The Kier molecular flexibility index (Phi) is 7.82. The Morgan fingerprint density at radius 1 is 0.298 bits per heavy atom. The zero-order valence-corrected chi connectivity index (χ0v) is 31.0. The van der Waals surface area contributed by atoms with Gasteiger partial charge in [0.1, 0.15) is 22.3 Å². The molecule has 0 bridgehead atoms. The number of fused-ring (bicyclic) bond motifs is 6. The number of furan rings is 2. The van der Waals surface area contributed by atoms with Gasteiger partial charge >= 0.3 is 0 Å². The molecule has 0 amide bonds. The number of para-hydroxylation sites is 3. The van der Waals surface area contributed by atoms with Gasteiger partial charge in [0.2, 0.25) is 0 Å². The summed E-state index contributed by atoms with van der Waals surface area (Å²) in [6.07, 6.45) is 0. The molecule has 0 spiro atoms. The smallest absolute Gasteiger partial charge is 0.143 e. The van der Waals surface area contributed by atoms with E-state index in [1.807, 2.05) is 18.2 Å².